The average Bonchev–Trinajstić information content (AvgIpc) is 2.46. The molecule has 20 heavy (non-hydrogen) atoms. The van der Waals surface area contributed by atoms with E-state index in [-0.39, 0.29) is 11.5 Å². The van der Waals surface area contributed by atoms with Gasteiger partial charge in [0.25, 0.3) is 0 Å². The van der Waals surface area contributed by atoms with E-state index in [0.29, 0.717) is 6.61 Å². The molecular formula is C18H21NO. The van der Waals surface area contributed by atoms with Gasteiger partial charge in [0.15, 0.2) is 0 Å². The van der Waals surface area contributed by atoms with Crippen molar-refractivity contribution in [1.82, 2.24) is 0 Å². The van der Waals surface area contributed by atoms with Gasteiger partial charge in [-0.1, -0.05) is 57.2 Å². The van der Waals surface area contributed by atoms with E-state index < -0.39 is 0 Å². The zero-order chi connectivity index (χ0) is 14.2. The molecule has 0 aliphatic carbocycles. The molecule has 1 aliphatic heterocycles. The normalized spacial score (nSPS) is 17.9. The second kappa shape index (κ2) is 4.86. The van der Waals surface area contributed by atoms with E-state index >= 15 is 0 Å². The highest BCUT2D eigenvalue weighted by atomic mass is 16.5. The van der Waals surface area contributed by atoms with Gasteiger partial charge >= 0.3 is 0 Å². The Morgan fingerprint density at radius 1 is 1.05 bits per heavy atom. The van der Waals surface area contributed by atoms with Gasteiger partial charge < -0.3 is 10.1 Å². The number of hydrogen-bond donors (Lipinski definition) is 1. The molecule has 1 aliphatic rings. The molecule has 1 unspecified atom stereocenters. The van der Waals surface area contributed by atoms with Crippen LogP contribution in [0.3, 0.4) is 0 Å². The fourth-order valence-corrected chi connectivity index (χ4v) is 2.50. The van der Waals surface area contributed by atoms with Crippen molar-refractivity contribution in [3.63, 3.8) is 0 Å². The summed E-state index contributed by atoms with van der Waals surface area (Å²) in [5.41, 5.74) is 3.83. The first-order valence-electron chi connectivity index (χ1n) is 7.13. The number of benzene rings is 2. The number of anilines is 1. The quantitative estimate of drug-likeness (QED) is 0.819. The number of ether oxygens (including phenoxy) is 1. The monoisotopic (exact) mass is 267 g/mol. The molecule has 0 saturated heterocycles. The summed E-state index contributed by atoms with van der Waals surface area (Å²) in [7, 11) is 0. The van der Waals surface area contributed by atoms with Crippen LogP contribution in [0.4, 0.5) is 5.69 Å². The van der Waals surface area contributed by atoms with E-state index in [2.05, 4.69) is 68.6 Å². The largest absolute Gasteiger partial charge is 0.489 e. The van der Waals surface area contributed by atoms with Crippen molar-refractivity contribution in [2.24, 2.45) is 0 Å². The molecule has 2 heteroatoms. The second-order valence-corrected chi connectivity index (χ2v) is 6.38. The summed E-state index contributed by atoms with van der Waals surface area (Å²) in [6, 6.07) is 17.1. The zero-order valence-corrected chi connectivity index (χ0v) is 12.3. The Morgan fingerprint density at radius 3 is 2.50 bits per heavy atom. The Hall–Kier alpha value is -1.96. The van der Waals surface area contributed by atoms with E-state index in [0.717, 1.165) is 11.4 Å². The number of nitrogens with one attached hydrogen (secondary N) is 1. The van der Waals surface area contributed by atoms with E-state index in [1.54, 1.807) is 0 Å². The molecule has 2 aromatic rings. The molecule has 0 radical (unpaired) electrons. The molecular weight excluding hydrogens is 246 g/mol. The summed E-state index contributed by atoms with van der Waals surface area (Å²) < 4.78 is 5.90. The van der Waals surface area contributed by atoms with Crippen molar-refractivity contribution in [2.45, 2.75) is 32.2 Å². The fraction of sp³-hybridized carbons (Fsp3) is 0.333. The van der Waals surface area contributed by atoms with Crippen molar-refractivity contribution in [2.75, 3.05) is 11.9 Å². The molecule has 0 saturated carbocycles. The lowest BCUT2D eigenvalue weighted by atomic mass is 9.86. The minimum atomic E-state index is 0.149. The molecule has 0 bridgehead atoms. The van der Waals surface area contributed by atoms with Crippen LogP contribution in [-0.2, 0) is 5.41 Å². The zero-order valence-electron chi connectivity index (χ0n) is 12.3. The lowest BCUT2D eigenvalue weighted by Crippen LogP contribution is -2.24. The molecule has 0 spiro atoms. The molecule has 2 aromatic carbocycles. The molecule has 2 nitrogen and oxygen atoms in total. The molecule has 0 amide bonds. The van der Waals surface area contributed by atoms with Crippen molar-refractivity contribution in [3.05, 3.63) is 59.7 Å². The van der Waals surface area contributed by atoms with Crippen molar-refractivity contribution < 1.29 is 4.74 Å². The predicted molar refractivity (Wildman–Crippen MR) is 83.4 cm³/mol. The lowest BCUT2D eigenvalue weighted by molar-refractivity contribution is 0.286. The molecule has 104 valence electrons. The second-order valence-electron chi connectivity index (χ2n) is 6.38. The van der Waals surface area contributed by atoms with E-state index in [1.165, 1.54) is 11.1 Å². The minimum absolute atomic E-state index is 0.149. The van der Waals surface area contributed by atoms with Gasteiger partial charge in [0.2, 0.25) is 0 Å². The Balaban J connectivity index is 1.90. The van der Waals surface area contributed by atoms with Gasteiger partial charge in [-0.15, -0.1) is 0 Å². The van der Waals surface area contributed by atoms with Crippen LogP contribution in [0.1, 0.15) is 37.9 Å². The van der Waals surface area contributed by atoms with Gasteiger partial charge in [-0.05, 0) is 28.7 Å². The van der Waals surface area contributed by atoms with Crippen molar-refractivity contribution in [1.29, 1.82) is 0 Å². The number of hydrogen-bond acceptors (Lipinski definition) is 2. The first-order valence-corrected chi connectivity index (χ1v) is 7.13. The summed E-state index contributed by atoms with van der Waals surface area (Å²) >= 11 is 0. The Labute approximate surface area is 120 Å². The smallest absolute Gasteiger partial charge is 0.142 e. The molecule has 1 heterocycles. The molecule has 3 rings (SSSR count). The van der Waals surface area contributed by atoms with Gasteiger partial charge in [0.05, 0.1) is 11.7 Å². The van der Waals surface area contributed by atoms with Crippen LogP contribution < -0.4 is 10.1 Å². The summed E-state index contributed by atoms with van der Waals surface area (Å²) in [6.45, 7) is 7.36. The van der Waals surface area contributed by atoms with Crippen LogP contribution in [0, 0.1) is 0 Å². The topological polar surface area (TPSA) is 21.3 Å². The van der Waals surface area contributed by atoms with Crippen LogP contribution in [0.25, 0.3) is 0 Å². The Bertz CT molecular complexity index is 599. The fourth-order valence-electron chi connectivity index (χ4n) is 2.50. The first-order chi connectivity index (χ1) is 9.54. The van der Waals surface area contributed by atoms with E-state index in [1.807, 2.05) is 6.07 Å². The minimum Gasteiger partial charge on any atom is -0.489 e. The van der Waals surface area contributed by atoms with Gasteiger partial charge in [-0.25, -0.2) is 0 Å². The molecule has 0 fully saturated rings. The SMILES string of the molecule is CC(C)(C)c1ccc2c(c1)NC(c1ccccc1)CO2. The molecule has 1 N–H and O–H groups in total. The van der Waals surface area contributed by atoms with E-state index in [4.69, 9.17) is 4.74 Å². The summed E-state index contributed by atoms with van der Waals surface area (Å²) in [6.07, 6.45) is 0. The van der Waals surface area contributed by atoms with Crippen LogP contribution in [0.15, 0.2) is 48.5 Å². The average molecular weight is 267 g/mol. The van der Waals surface area contributed by atoms with Crippen molar-refractivity contribution in [3.8, 4) is 5.75 Å². The number of fused-ring (bicyclic) bond motifs is 1. The summed E-state index contributed by atoms with van der Waals surface area (Å²) in [5, 5.41) is 3.60. The van der Waals surface area contributed by atoms with Gasteiger partial charge in [-0.2, -0.15) is 0 Å². The van der Waals surface area contributed by atoms with Crippen LogP contribution in [-0.4, -0.2) is 6.61 Å². The number of rotatable bonds is 1. The highest BCUT2D eigenvalue weighted by Crippen LogP contribution is 2.37. The Kier molecular flexibility index (Phi) is 3.17. The lowest BCUT2D eigenvalue weighted by Gasteiger charge is -2.29. The third kappa shape index (κ3) is 2.51. The van der Waals surface area contributed by atoms with Crippen LogP contribution in [0.5, 0.6) is 5.75 Å². The third-order valence-corrected chi connectivity index (χ3v) is 3.78. The molecule has 0 aromatic heterocycles. The maximum Gasteiger partial charge on any atom is 0.142 e. The standard InChI is InChI=1S/C18H21NO/c1-18(2,3)14-9-10-17-15(11-14)19-16(12-20-17)13-7-5-4-6-8-13/h4-11,16,19H,12H2,1-3H3. The highest BCUT2D eigenvalue weighted by Gasteiger charge is 2.22. The van der Waals surface area contributed by atoms with Crippen molar-refractivity contribution >= 4 is 5.69 Å². The van der Waals surface area contributed by atoms with Gasteiger partial charge in [-0.3, -0.25) is 0 Å². The highest BCUT2D eigenvalue weighted by molar-refractivity contribution is 5.61. The predicted octanol–water partition coefficient (Wildman–Crippen LogP) is 4.53. The van der Waals surface area contributed by atoms with E-state index in [9.17, 15) is 0 Å². The van der Waals surface area contributed by atoms with Crippen LogP contribution >= 0.6 is 0 Å². The van der Waals surface area contributed by atoms with Gasteiger partial charge in [0.1, 0.15) is 12.4 Å². The third-order valence-electron chi connectivity index (χ3n) is 3.78. The maximum atomic E-state index is 5.90. The summed E-state index contributed by atoms with van der Waals surface area (Å²) in [5.74, 6) is 0.949. The summed E-state index contributed by atoms with van der Waals surface area (Å²) in [4.78, 5) is 0. The van der Waals surface area contributed by atoms with Gasteiger partial charge in [0, 0.05) is 0 Å². The van der Waals surface area contributed by atoms with Crippen LogP contribution in [0.2, 0.25) is 0 Å². The molecule has 1 atom stereocenters. The Morgan fingerprint density at radius 2 is 1.80 bits per heavy atom. The first kappa shape index (κ1) is 13.0. The maximum absolute atomic E-state index is 5.90.